The van der Waals surface area contributed by atoms with E-state index in [1.807, 2.05) is 0 Å². The second-order valence-corrected chi connectivity index (χ2v) is 20.4. The predicted octanol–water partition coefficient (Wildman–Crippen LogP) is 18.1. The zero-order valence-electron chi connectivity index (χ0n) is 44.2. The summed E-state index contributed by atoms with van der Waals surface area (Å²) in [6.07, 6.45) is 61.3. The van der Waals surface area contributed by atoms with Crippen LogP contribution in [0.15, 0.2) is 12.2 Å². The van der Waals surface area contributed by atoms with Crippen molar-refractivity contribution in [3.05, 3.63) is 12.2 Å². The van der Waals surface area contributed by atoms with Crippen molar-refractivity contribution in [3.63, 3.8) is 0 Å². The molecule has 0 aromatic carbocycles. The number of unbranched alkanes of at least 4 members (excludes halogenated alkanes) is 40. The maximum Gasteiger partial charge on any atom is 0.306 e. The number of nitrogens with one attached hydrogen (secondary N) is 1. The monoisotopic (exact) mass is 918 g/mol. The standard InChI is InChI=1S/C59H115NO5/c1-4-7-10-13-16-19-22-25-28-29-31-32-35-38-41-44-47-50-55(65-59(64)52-49-46-43-40-37-34-27-24-21-18-15-12-9-6-3)53-58(63)60-56(54-61)57(62)51-48-45-42-39-36-33-30-26-23-20-17-14-11-8-5-2/h25,28,55-57,61-62H,4-24,26-27,29-54H2,1-3H3,(H,60,63)/b28-25+. The van der Waals surface area contributed by atoms with E-state index in [9.17, 15) is 19.8 Å². The molecule has 0 saturated carbocycles. The van der Waals surface area contributed by atoms with Crippen molar-refractivity contribution in [2.45, 2.75) is 347 Å². The Morgan fingerprint density at radius 1 is 0.431 bits per heavy atom. The fourth-order valence-corrected chi connectivity index (χ4v) is 9.37. The van der Waals surface area contributed by atoms with Crippen LogP contribution in [0.1, 0.15) is 329 Å². The first-order valence-corrected chi connectivity index (χ1v) is 29.4. The van der Waals surface area contributed by atoms with Crippen molar-refractivity contribution in [1.29, 1.82) is 0 Å². The summed E-state index contributed by atoms with van der Waals surface area (Å²) in [6.45, 7) is 6.53. The van der Waals surface area contributed by atoms with Gasteiger partial charge in [0.2, 0.25) is 5.91 Å². The molecule has 6 nitrogen and oxygen atoms in total. The zero-order valence-corrected chi connectivity index (χ0v) is 44.2. The highest BCUT2D eigenvalue weighted by Gasteiger charge is 2.24. The van der Waals surface area contributed by atoms with Crippen LogP contribution in [0.4, 0.5) is 0 Å². The first-order chi connectivity index (χ1) is 32.0. The minimum Gasteiger partial charge on any atom is -0.462 e. The Labute approximate surface area is 406 Å². The van der Waals surface area contributed by atoms with Crippen LogP contribution in [-0.2, 0) is 14.3 Å². The van der Waals surface area contributed by atoms with Gasteiger partial charge in [-0.15, -0.1) is 0 Å². The lowest BCUT2D eigenvalue weighted by molar-refractivity contribution is -0.151. The normalized spacial score (nSPS) is 13.1. The van der Waals surface area contributed by atoms with Gasteiger partial charge in [-0.1, -0.05) is 277 Å². The smallest absolute Gasteiger partial charge is 0.306 e. The molecular formula is C59H115NO5. The lowest BCUT2D eigenvalue weighted by atomic mass is 10.0. The Balaban J connectivity index is 4.52. The van der Waals surface area contributed by atoms with E-state index < -0.39 is 18.2 Å². The highest BCUT2D eigenvalue weighted by Crippen LogP contribution is 2.19. The van der Waals surface area contributed by atoms with Gasteiger partial charge in [-0.05, 0) is 51.4 Å². The third kappa shape index (κ3) is 48.9. The summed E-state index contributed by atoms with van der Waals surface area (Å²) in [7, 11) is 0. The topological polar surface area (TPSA) is 95.9 Å². The van der Waals surface area contributed by atoms with E-state index in [2.05, 4.69) is 38.2 Å². The molecule has 0 aromatic heterocycles. The highest BCUT2D eigenvalue weighted by atomic mass is 16.5. The molecule has 0 aromatic rings. The van der Waals surface area contributed by atoms with Gasteiger partial charge in [0.05, 0.1) is 25.2 Å². The third-order valence-corrected chi connectivity index (χ3v) is 13.8. The van der Waals surface area contributed by atoms with Crippen LogP contribution in [0, 0.1) is 0 Å². The molecule has 6 heteroatoms. The summed E-state index contributed by atoms with van der Waals surface area (Å²) >= 11 is 0. The largest absolute Gasteiger partial charge is 0.462 e. The minimum atomic E-state index is -0.784. The van der Waals surface area contributed by atoms with E-state index >= 15 is 0 Å². The van der Waals surface area contributed by atoms with E-state index in [4.69, 9.17) is 4.74 Å². The number of carbonyl (C=O) groups is 2. The summed E-state index contributed by atoms with van der Waals surface area (Å²) in [5.74, 6) is -0.454. The van der Waals surface area contributed by atoms with Crippen LogP contribution < -0.4 is 5.32 Å². The molecule has 0 aliphatic carbocycles. The number of carbonyl (C=O) groups excluding carboxylic acids is 2. The summed E-state index contributed by atoms with van der Waals surface area (Å²) in [4.78, 5) is 26.3. The van der Waals surface area contributed by atoms with E-state index in [1.165, 1.54) is 231 Å². The predicted molar refractivity (Wildman–Crippen MR) is 283 cm³/mol. The second kappa shape index (κ2) is 53.6. The number of amides is 1. The summed E-state index contributed by atoms with van der Waals surface area (Å²) in [6, 6.07) is -0.697. The molecule has 3 N–H and O–H groups in total. The fourth-order valence-electron chi connectivity index (χ4n) is 9.37. The molecule has 3 atom stereocenters. The van der Waals surface area contributed by atoms with Gasteiger partial charge in [0.1, 0.15) is 6.10 Å². The van der Waals surface area contributed by atoms with Crippen LogP contribution in [0.2, 0.25) is 0 Å². The Morgan fingerprint density at radius 3 is 1.09 bits per heavy atom. The van der Waals surface area contributed by atoms with Crippen LogP contribution in [0.25, 0.3) is 0 Å². The van der Waals surface area contributed by atoms with Crippen LogP contribution in [-0.4, -0.2) is 46.9 Å². The number of ether oxygens (including phenoxy) is 1. The number of aliphatic hydroxyl groups is 2. The molecule has 0 spiro atoms. The molecule has 0 fully saturated rings. The number of rotatable bonds is 54. The zero-order chi connectivity index (χ0) is 47.4. The quantitative estimate of drug-likeness (QED) is 0.0321. The van der Waals surface area contributed by atoms with Crippen molar-refractivity contribution in [3.8, 4) is 0 Å². The van der Waals surface area contributed by atoms with Gasteiger partial charge < -0.3 is 20.3 Å². The van der Waals surface area contributed by atoms with E-state index in [0.29, 0.717) is 19.3 Å². The fraction of sp³-hybridized carbons (Fsp3) is 0.932. The number of aliphatic hydroxyl groups excluding tert-OH is 2. The lowest BCUT2D eigenvalue weighted by Crippen LogP contribution is -2.46. The Hall–Kier alpha value is -1.40. The number of esters is 1. The van der Waals surface area contributed by atoms with Crippen molar-refractivity contribution in [2.24, 2.45) is 0 Å². The summed E-state index contributed by atoms with van der Waals surface area (Å²) in [5.41, 5.74) is 0. The SMILES string of the molecule is CCCCCCCC/C=C/CCCCCCCCCC(CC(=O)NC(CO)C(O)CCCCCCCCCCCCCCCCC)OC(=O)CCCCCCCCCCCCCCCC. The van der Waals surface area contributed by atoms with Crippen LogP contribution in [0.3, 0.4) is 0 Å². The average molecular weight is 919 g/mol. The Morgan fingerprint density at radius 2 is 0.738 bits per heavy atom. The Bertz CT molecular complexity index is 986. The molecule has 0 aliphatic rings. The van der Waals surface area contributed by atoms with E-state index in [-0.39, 0.29) is 24.9 Å². The molecular weight excluding hydrogens is 803 g/mol. The first-order valence-electron chi connectivity index (χ1n) is 29.4. The first kappa shape index (κ1) is 63.6. The van der Waals surface area contributed by atoms with Crippen molar-refractivity contribution < 1.29 is 24.5 Å². The number of allylic oxidation sites excluding steroid dienone is 2. The Kier molecular flexibility index (Phi) is 52.4. The molecule has 0 radical (unpaired) electrons. The molecule has 3 unspecified atom stereocenters. The van der Waals surface area contributed by atoms with Gasteiger partial charge in [0.25, 0.3) is 0 Å². The molecule has 1 amide bonds. The van der Waals surface area contributed by atoms with Crippen molar-refractivity contribution in [1.82, 2.24) is 5.32 Å². The summed E-state index contributed by atoms with van der Waals surface area (Å²) in [5, 5.41) is 23.9. The lowest BCUT2D eigenvalue weighted by Gasteiger charge is -2.24. The third-order valence-electron chi connectivity index (χ3n) is 13.8. The van der Waals surface area contributed by atoms with Gasteiger partial charge in [0.15, 0.2) is 0 Å². The van der Waals surface area contributed by atoms with Gasteiger partial charge in [-0.25, -0.2) is 0 Å². The molecule has 0 rings (SSSR count). The second-order valence-electron chi connectivity index (χ2n) is 20.4. The molecule has 0 aliphatic heterocycles. The van der Waals surface area contributed by atoms with Gasteiger partial charge in [0, 0.05) is 6.42 Å². The summed E-state index contributed by atoms with van der Waals surface area (Å²) < 4.78 is 5.97. The van der Waals surface area contributed by atoms with E-state index in [0.717, 1.165) is 51.4 Å². The molecule has 0 heterocycles. The molecule has 0 saturated heterocycles. The maximum atomic E-state index is 13.3. The van der Waals surface area contributed by atoms with Crippen LogP contribution in [0.5, 0.6) is 0 Å². The molecule has 0 bridgehead atoms. The van der Waals surface area contributed by atoms with Gasteiger partial charge in [-0.2, -0.15) is 0 Å². The van der Waals surface area contributed by atoms with Crippen molar-refractivity contribution >= 4 is 11.9 Å². The molecule has 65 heavy (non-hydrogen) atoms. The van der Waals surface area contributed by atoms with Gasteiger partial charge >= 0.3 is 5.97 Å². The van der Waals surface area contributed by atoms with Crippen LogP contribution >= 0.6 is 0 Å². The highest BCUT2D eigenvalue weighted by molar-refractivity contribution is 5.77. The van der Waals surface area contributed by atoms with E-state index in [1.54, 1.807) is 0 Å². The molecule has 386 valence electrons. The number of hydrogen-bond donors (Lipinski definition) is 3. The minimum absolute atomic E-state index is 0.0824. The maximum absolute atomic E-state index is 13.3. The number of hydrogen-bond acceptors (Lipinski definition) is 5. The van der Waals surface area contributed by atoms with Gasteiger partial charge in [-0.3, -0.25) is 9.59 Å². The average Bonchev–Trinajstić information content (AvgIpc) is 3.30. The van der Waals surface area contributed by atoms with Crippen molar-refractivity contribution in [2.75, 3.05) is 6.61 Å².